The monoisotopic (exact) mass is 470 g/mol. The van der Waals surface area contributed by atoms with Crippen molar-refractivity contribution in [1.82, 2.24) is 0 Å². The van der Waals surface area contributed by atoms with Gasteiger partial charge in [0.05, 0.1) is 5.56 Å². The molecule has 0 fully saturated rings. The molecule has 6 heteroatoms. The summed E-state index contributed by atoms with van der Waals surface area (Å²) in [4.78, 5) is 12.7. The van der Waals surface area contributed by atoms with Crippen LogP contribution in [0.1, 0.15) is 38.2 Å². The molecule has 34 heavy (non-hydrogen) atoms. The van der Waals surface area contributed by atoms with Gasteiger partial charge in [-0.1, -0.05) is 65.7 Å². The van der Waals surface area contributed by atoms with Crippen LogP contribution in [0.2, 0.25) is 0 Å². The predicted molar refractivity (Wildman–Crippen MR) is 132 cm³/mol. The van der Waals surface area contributed by atoms with Crippen LogP contribution in [0.25, 0.3) is 0 Å². The van der Waals surface area contributed by atoms with Crippen molar-refractivity contribution in [3.8, 4) is 23.0 Å². The molecule has 0 aromatic heterocycles. The van der Waals surface area contributed by atoms with Crippen LogP contribution < -0.4 is 13.6 Å². The number of ketones is 1. The molecule has 1 heterocycles. The summed E-state index contributed by atoms with van der Waals surface area (Å²) in [6.45, 7) is 4.10. The number of aromatic hydroxyl groups is 1. The Morgan fingerprint density at radius 1 is 0.824 bits per heavy atom. The van der Waals surface area contributed by atoms with E-state index in [9.17, 15) is 9.90 Å². The third-order valence-corrected chi connectivity index (χ3v) is 6.64. The zero-order valence-corrected chi connectivity index (χ0v) is 19.7. The lowest BCUT2D eigenvalue weighted by Gasteiger charge is -2.24. The van der Waals surface area contributed by atoms with E-state index in [2.05, 4.69) is 12.1 Å². The van der Waals surface area contributed by atoms with Crippen LogP contribution in [0.3, 0.4) is 0 Å². The second-order valence-electron chi connectivity index (χ2n) is 8.27. The van der Waals surface area contributed by atoms with Gasteiger partial charge in [-0.05, 0) is 49.2 Å². The molecule has 5 rings (SSSR count). The first kappa shape index (κ1) is 22.0. The Balaban J connectivity index is 1.44. The molecule has 4 aromatic rings. The summed E-state index contributed by atoms with van der Waals surface area (Å²) < 4.78 is 18.3. The Hall–Kier alpha value is -3.82. The fraction of sp³-hybridized carbons (Fsp3) is 0.107. The Bertz CT molecular complexity index is 1310. The molecule has 0 saturated heterocycles. The molecule has 4 aromatic carbocycles. The topological polar surface area (TPSA) is 65.0 Å². The van der Waals surface area contributed by atoms with Crippen molar-refractivity contribution in [3.63, 3.8) is 0 Å². The van der Waals surface area contributed by atoms with E-state index in [4.69, 9.17) is 13.6 Å². The maximum atomic E-state index is 12.7. The van der Waals surface area contributed by atoms with Gasteiger partial charge in [0.2, 0.25) is 0 Å². The van der Waals surface area contributed by atoms with E-state index in [1.807, 2.05) is 44.2 Å². The number of fused-ring (bicyclic) bond motifs is 2. The number of carbonyl (C=O) groups is 1. The largest absolute Gasteiger partial charge is 0.530 e. The fourth-order valence-electron chi connectivity index (χ4n) is 3.88. The van der Waals surface area contributed by atoms with Crippen LogP contribution in [0.15, 0.2) is 84.9 Å². The van der Waals surface area contributed by atoms with Crippen molar-refractivity contribution in [2.45, 2.75) is 20.3 Å². The molecule has 5 nitrogen and oxygen atoms in total. The predicted octanol–water partition coefficient (Wildman–Crippen LogP) is 6.91. The number of rotatable bonds is 4. The first-order valence-corrected chi connectivity index (χ1v) is 12.0. The van der Waals surface area contributed by atoms with Gasteiger partial charge in [0.25, 0.3) is 0 Å². The second kappa shape index (κ2) is 9.20. The van der Waals surface area contributed by atoms with Crippen molar-refractivity contribution >= 4 is 14.4 Å². The van der Waals surface area contributed by atoms with Crippen LogP contribution >= 0.6 is 8.60 Å². The molecule has 0 aliphatic carbocycles. The second-order valence-corrected chi connectivity index (χ2v) is 9.27. The first-order chi connectivity index (χ1) is 16.5. The van der Waals surface area contributed by atoms with Crippen LogP contribution in [0, 0.1) is 13.8 Å². The third-order valence-electron chi connectivity index (χ3n) is 5.59. The highest BCUT2D eigenvalue weighted by Gasteiger charge is 2.26. The van der Waals surface area contributed by atoms with Gasteiger partial charge in [-0.15, -0.1) is 0 Å². The number of phenols is 1. The van der Waals surface area contributed by atoms with Crippen molar-refractivity contribution in [1.29, 1.82) is 0 Å². The number of phenolic OH excluding ortho intramolecular Hbond substituents is 1. The Morgan fingerprint density at radius 3 is 2.03 bits per heavy atom. The number of benzene rings is 4. The number of aryl methyl sites for hydroxylation is 2. The molecule has 1 aliphatic heterocycles. The molecule has 0 radical (unpaired) electrons. The molecule has 0 unspecified atom stereocenters. The van der Waals surface area contributed by atoms with Gasteiger partial charge in [0.1, 0.15) is 23.0 Å². The Morgan fingerprint density at radius 2 is 1.44 bits per heavy atom. The first-order valence-electron chi connectivity index (χ1n) is 10.9. The fourth-order valence-corrected chi connectivity index (χ4v) is 4.96. The van der Waals surface area contributed by atoms with Crippen molar-refractivity contribution < 1.29 is 23.5 Å². The van der Waals surface area contributed by atoms with Gasteiger partial charge in [0, 0.05) is 18.1 Å². The van der Waals surface area contributed by atoms with E-state index >= 15 is 0 Å². The molecule has 170 valence electrons. The number of hydrogen-bond donors (Lipinski definition) is 1. The van der Waals surface area contributed by atoms with Crippen molar-refractivity contribution in [2.75, 3.05) is 0 Å². The minimum absolute atomic E-state index is 0.166. The summed E-state index contributed by atoms with van der Waals surface area (Å²) in [5.41, 5.74) is 5.10. The lowest BCUT2D eigenvalue weighted by Crippen LogP contribution is -2.09. The van der Waals surface area contributed by atoms with Crippen LogP contribution in [0.4, 0.5) is 0 Å². The maximum Gasteiger partial charge on any atom is 0.530 e. The SMILES string of the molecule is Cc1ccc2c(c1)Cc1cc(C)ccc1OP(Oc1ccc(C(=O)c3ccccc3)c(O)c1)O2. The molecule has 0 saturated carbocycles. The van der Waals surface area contributed by atoms with E-state index in [0.29, 0.717) is 29.2 Å². The van der Waals surface area contributed by atoms with Crippen molar-refractivity contribution in [3.05, 3.63) is 118 Å². The third kappa shape index (κ3) is 4.61. The summed E-state index contributed by atoms with van der Waals surface area (Å²) >= 11 is 0. The highest BCUT2D eigenvalue weighted by Crippen LogP contribution is 2.47. The van der Waals surface area contributed by atoms with Crippen molar-refractivity contribution in [2.24, 2.45) is 0 Å². The molecule has 0 spiro atoms. The number of carbonyl (C=O) groups excluding carboxylic acids is 1. The smallest absolute Gasteiger partial charge is 0.507 e. The number of hydrogen-bond acceptors (Lipinski definition) is 5. The molecular formula is C28H23O5P. The molecule has 1 N–H and O–H groups in total. The molecule has 1 aliphatic rings. The highest BCUT2D eigenvalue weighted by molar-refractivity contribution is 7.43. The van der Waals surface area contributed by atoms with Gasteiger partial charge < -0.3 is 18.7 Å². The molecular weight excluding hydrogens is 447 g/mol. The van der Waals surface area contributed by atoms with Crippen LogP contribution in [-0.2, 0) is 6.42 Å². The lowest BCUT2D eigenvalue weighted by molar-refractivity contribution is 0.103. The van der Waals surface area contributed by atoms with E-state index < -0.39 is 8.60 Å². The summed E-state index contributed by atoms with van der Waals surface area (Å²) in [6.07, 6.45) is 0.689. The quantitative estimate of drug-likeness (QED) is 0.259. The van der Waals surface area contributed by atoms with E-state index in [1.165, 1.54) is 6.07 Å². The average Bonchev–Trinajstić information content (AvgIpc) is 2.81. The Labute approximate surface area is 199 Å². The van der Waals surface area contributed by atoms with Gasteiger partial charge >= 0.3 is 8.60 Å². The van der Waals surface area contributed by atoms with Crippen LogP contribution in [0.5, 0.6) is 23.0 Å². The minimum Gasteiger partial charge on any atom is -0.507 e. The standard InChI is InChI=1S/C28H23O5P/c1-18-8-12-26-21(14-18)16-22-15-19(2)9-13-27(22)33-34(32-26)31-23-10-11-24(25(29)17-23)28(30)20-6-4-3-5-7-20/h3-15,17,29H,16H2,1-2H3. The minimum atomic E-state index is -1.86. The average molecular weight is 470 g/mol. The lowest BCUT2D eigenvalue weighted by atomic mass is 10.00. The molecule has 0 amide bonds. The normalized spacial score (nSPS) is 12.9. The summed E-state index contributed by atoms with van der Waals surface area (Å²) in [7, 11) is -1.86. The molecule has 0 atom stereocenters. The van der Waals surface area contributed by atoms with Gasteiger partial charge in [-0.25, -0.2) is 0 Å². The highest BCUT2D eigenvalue weighted by atomic mass is 31.2. The van der Waals surface area contributed by atoms with Gasteiger partial charge in [0.15, 0.2) is 5.78 Å². The summed E-state index contributed by atoms with van der Waals surface area (Å²) in [5.74, 6) is 1.31. The van der Waals surface area contributed by atoms with E-state index in [0.717, 1.165) is 22.3 Å². The zero-order valence-electron chi connectivity index (χ0n) is 18.8. The van der Waals surface area contributed by atoms with Gasteiger partial charge in [-0.3, -0.25) is 4.79 Å². The Kier molecular flexibility index (Phi) is 5.95. The molecule has 0 bridgehead atoms. The van der Waals surface area contributed by atoms with Gasteiger partial charge in [-0.2, -0.15) is 0 Å². The van der Waals surface area contributed by atoms with Crippen LogP contribution in [-0.4, -0.2) is 10.9 Å². The summed E-state index contributed by atoms with van der Waals surface area (Å²) in [6, 6.07) is 25.5. The van der Waals surface area contributed by atoms with E-state index in [-0.39, 0.29) is 17.1 Å². The maximum absolute atomic E-state index is 12.7. The summed E-state index contributed by atoms with van der Waals surface area (Å²) in [5, 5.41) is 10.6. The zero-order chi connectivity index (χ0) is 23.7. The van der Waals surface area contributed by atoms with E-state index in [1.54, 1.807) is 36.4 Å².